The summed E-state index contributed by atoms with van der Waals surface area (Å²) in [6, 6.07) is 9.04. The van der Waals surface area contributed by atoms with Crippen molar-refractivity contribution in [2.24, 2.45) is 0 Å². The molecule has 0 radical (unpaired) electrons. The van der Waals surface area contributed by atoms with E-state index in [-0.39, 0.29) is 19.4 Å². The first-order valence-electron chi connectivity index (χ1n) is 5.41. The normalized spacial score (nSPS) is 13.9. The van der Waals surface area contributed by atoms with E-state index in [2.05, 4.69) is 5.32 Å². The number of carbonyl (C=O) groups is 1. The number of hydrogen-bond acceptors (Lipinski definition) is 4. The number of benzene rings is 1. The molecular formula is C11H17N2O4P. The van der Waals surface area contributed by atoms with E-state index in [9.17, 15) is 14.6 Å². The van der Waals surface area contributed by atoms with E-state index < -0.39 is 13.3 Å². The maximum atomic E-state index is 11.5. The van der Waals surface area contributed by atoms with Gasteiger partial charge in [0.1, 0.15) is 0 Å². The number of rotatable bonds is 6. The molecule has 3 N–H and O–H groups in total. The van der Waals surface area contributed by atoms with Crippen molar-refractivity contribution in [3.8, 4) is 0 Å². The summed E-state index contributed by atoms with van der Waals surface area (Å²) >= 11 is 0. The Morgan fingerprint density at radius 2 is 2.00 bits per heavy atom. The van der Waals surface area contributed by atoms with Crippen molar-refractivity contribution in [2.45, 2.75) is 6.54 Å². The highest BCUT2D eigenvalue weighted by Crippen LogP contribution is 2.32. The minimum Gasteiger partial charge on any atom is -0.344 e. The van der Waals surface area contributed by atoms with E-state index in [1.165, 1.54) is 6.66 Å². The molecule has 1 amide bonds. The fourth-order valence-electron chi connectivity index (χ4n) is 1.31. The molecule has 0 fully saturated rings. The summed E-state index contributed by atoms with van der Waals surface area (Å²) in [6.45, 7) is 1.11. The van der Waals surface area contributed by atoms with Crippen LogP contribution in [0.2, 0.25) is 0 Å². The van der Waals surface area contributed by atoms with E-state index in [0.717, 1.165) is 5.56 Å². The van der Waals surface area contributed by atoms with Crippen molar-refractivity contribution >= 4 is 13.3 Å². The van der Waals surface area contributed by atoms with Crippen LogP contribution in [0.4, 0.5) is 0 Å². The van der Waals surface area contributed by atoms with Crippen LogP contribution in [0.15, 0.2) is 30.3 Å². The first kappa shape index (κ1) is 14.9. The number of hydroxylamine groups is 2. The topological polar surface area (TPSA) is 89.9 Å². The van der Waals surface area contributed by atoms with Gasteiger partial charge in [0.25, 0.3) is 5.91 Å². The van der Waals surface area contributed by atoms with Gasteiger partial charge in [-0.3, -0.25) is 19.9 Å². The average Bonchev–Trinajstić information content (AvgIpc) is 2.28. The lowest BCUT2D eigenvalue weighted by molar-refractivity contribution is -0.166. The maximum Gasteiger partial charge on any atom is 0.260 e. The zero-order valence-corrected chi connectivity index (χ0v) is 11.0. The molecule has 7 heteroatoms. The van der Waals surface area contributed by atoms with Crippen LogP contribution in [0, 0.1) is 0 Å². The van der Waals surface area contributed by atoms with Crippen LogP contribution in [-0.2, 0) is 15.9 Å². The van der Waals surface area contributed by atoms with Crippen LogP contribution < -0.4 is 5.32 Å². The number of carbonyl (C=O) groups excluding carboxylic acids is 1. The minimum absolute atomic E-state index is 0.0876. The molecule has 0 spiro atoms. The SMILES string of the molecule is CP(=O)(O)CNCC(=O)N(O)Cc1ccccc1. The van der Waals surface area contributed by atoms with Gasteiger partial charge in [0.15, 0.2) is 0 Å². The number of amides is 1. The Labute approximate surface area is 106 Å². The van der Waals surface area contributed by atoms with E-state index in [1.54, 1.807) is 12.1 Å². The quantitative estimate of drug-likeness (QED) is 0.406. The molecule has 0 aromatic heterocycles. The summed E-state index contributed by atoms with van der Waals surface area (Å²) in [4.78, 5) is 20.5. The molecule has 1 atom stereocenters. The van der Waals surface area contributed by atoms with Crippen molar-refractivity contribution < 1.29 is 19.5 Å². The summed E-state index contributed by atoms with van der Waals surface area (Å²) in [6.07, 6.45) is -0.155. The van der Waals surface area contributed by atoms with Crippen molar-refractivity contribution in [2.75, 3.05) is 19.5 Å². The van der Waals surface area contributed by atoms with Crippen LogP contribution in [0.5, 0.6) is 0 Å². The first-order chi connectivity index (χ1) is 8.38. The Hall–Kier alpha value is -1.20. The molecule has 1 unspecified atom stereocenters. The predicted octanol–water partition coefficient (Wildman–Crippen LogP) is 0.852. The molecule has 0 heterocycles. The predicted molar refractivity (Wildman–Crippen MR) is 67.4 cm³/mol. The molecule has 0 aliphatic heterocycles. The number of hydrogen-bond donors (Lipinski definition) is 3. The summed E-state index contributed by atoms with van der Waals surface area (Å²) < 4.78 is 11.0. The Morgan fingerprint density at radius 1 is 1.39 bits per heavy atom. The lowest BCUT2D eigenvalue weighted by atomic mass is 10.2. The third-order valence-electron chi connectivity index (χ3n) is 2.14. The van der Waals surface area contributed by atoms with Crippen LogP contribution in [0.1, 0.15) is 5.56 Å². The van der Waals surface area contributed by atoms with Gasteiger partial charge in [-0.2, -0.15) is 0 Å². The summed E-state index contributed by atoms with van der Waals surface area (Å²) in [5, 5.41) is 12.6. The van der Waals surface area contributed by atoms with Crippen molar-refractivity contribution in [3.63, 3.8) is 0 Å². The van der Waals surface area contributed by atoms with Gasteiger partial charge in [0.05, 0.1) is 19.4 Å². The van der Waals surface area contributed by atoms with Gasteiger partial charge in [0, 0.05) is 6.66 Å². The second-order valence-corrected chi connectivity index (χ2v) is 6.49. The third kappa shape index (κ3) is 5.93. The van der Waals surface area contributed by atoms with Gasteiger partial charge in [-0.15, -0.1) is 0 Å². The molecule has 1 rings (SSSR count). The second kappa shape index (κ2) is 6.66. The maximum absolute atomic E-state index is 11.5. The molecule has 100 valence electrons. The van der Waals surface area contributed by atoms with Crippen LogP contribution in [-0.4, -0.2) is 40.6 Å². The highest BCUT2D eigenvalue weighted by atomic mass is 31.2. The smallest absolute Gasteiger partial charge is 0.260 e. The van der Waals surface area contributed by atoms with Gasteiger partial charge >= 0.3 is 0 Å². The van der Waals surface area contributed by atoms with Gasteiger partial charge in [0.2, 0.25) is 7.37 Å². The fourth-order valence-corrected chi connectivity index (χ4v) is 1.83. The summed E-state index contributed by atoms with van der Waals surface area (Å²) in [5.74, 6) is -0.549. The van der Waals surface area contributed by atoms with Gasteiger partial charge in [-0.25, -0.2) is 5.06 Å². The van der Waals surface area contributed by atoms with Gasteiger partial charge < -0.3 is 4.89 Å². The molecular weight excluding hydrogens is 255 g/mol. The Kier molecular flexibility index (Phi) is 5.50. The molecule has 0 bridgehead atoms. The first-order valence-corrected chi connectivity index (χ1v) is 7.71. The molecule has 0 saturated heterocycles. The molecule has 0 saturated carbocycles. The largest absolute Gasteiger partial charge is 0.344 e. The van der Waals surface area contributed by atoms with Crippen LogP contribution in [0.25, 0.3) is 0 Å². The summed E-state index contributed by atoms with van der Waals surface area (Å²) in [7, 11) is -3.18. The highest BCUT2D eigenvalue weighted by Gasteiger charge is 2.13. The van der Waals surface area contributed by atoms with Crippen molar-refractivity contribution in [1.29, 1.82) is 0 Å². The minimum atomic E-state index is -3.18. The average molecular weight is 272 g/mol. The van der Waals surface area contributed by atoms with E-state index in [1.807, 2.05) is 18.2 Å². The Morgan fingerprint density at radius 3 is 2.56 bits per heavy atom. The molecule has 6 nitrogen and oxygen atoms in total. The molecule has 0 aliphatic carbocycles. The lowest BCUT2D eigenvalue weighted by Crippen LogP contribution is -2.35. The third-order valence-corrected chi connectivity index (χ3v) is 2.95. The fraction of sp³-hybridized carbons (Fsp3) is 0.364. The Bertz CT molecular complexity index is 432. The molecule has 1 aromatic carbocycles. The monoisotopic (exact) mass is 272 g/mol. The molecule has 18 heavy (non-hydrogen) atoms. The van der Waals surface area contributed by atoms with Crippen molar-refractivity contribution in [1.82, 2.24) is 10.4 Å². The van der Waals surface area contributed by atoms with Gasteiger partial charge in [-0.1, -0.05) is 30.3 Å². The zero-order chi connectivity index (χ0) is 13.6. The molecule has 0 aliphatic rings. The van der Waals surface area contributed by atoms with E-state index in [0.29, 0.717) is 5.06 Å². The zero-order valence-electron chi connectivity index (χ0n) is 10.1. The number of nitrogens with one attached hydrogen (secondary N) is 1. The van der Waals surface area contributed by atoms with Crippen LogP contribution in [0.3, 0.4) is 0 Å². The molecule has 1 aromatic rings. The van der Waals surface area contributed by atoms with Gasteiger partial charge in [-0.05, 0) is 5.56 Å². The number of nitrogens with zero attached hydrogens (tertiary/aromatic N) is 1. The standard InChI is InChI=1S/C11H17N2O4P/c1-18(16,17)9-12-7-11(14)13(15)8-10-5-3-2-4-6-10/h2-6,12,15H,7-9H2,1H3,(H,16,17). The van der Waals surface area contributed by atoms with E-state index in [4.69, 9.17) is 4.89 Å². The van der Waals surface area contributed by atoms with E-state index >= 15 is 0 Å². The lowest BCUT2D eigenvalue weighted by Gasteiger charge is -2.15. The second-order valence-electron chi connectivity index (χ2n) is 4.07. The highest BCUT2D eigenvalue weighted by molar-refractivity contribution is 7.57. The van der Waals surface area contributed by atoms with Crippen molar-refractivity contribution in [3.05, 3.63) is 35.9 Å². The van der Waals surface area contributed by atoms with Crippen LogP contribution >= 0.6 is 7.37 Å². The summed E-state index contributed by atoms with van der Waals surface area (Å²) in [5.41, 5.74) is 0.802. The Balaban J connectivity index is 2.36.